The number of hydrogen-bond donors (Lipinski definition) is 4. The first kappa shape index (κ1) is 17.3. The van der Waals surface area contributed by atoms with Crippen LogP contribution in [0.2, 0.25) is 0 Å². The van der Waals surface area contributed by atoms with Gasteiger partial charge in [-0.15, -0.1) is 0 Å². The molecule has 0 unspecified atom stereocenters. The Hall–Kier alpha value is -1.14. The van der Waals surface area contributed by atoms with Crippen LogP contribution >= 0.6 is 0 Å². The van der Waals surface area contributed by atoms with Gasteiger partial charge in [-0.25, -0.2) is 0 Å². The van der Waals surface area contributed by atoms with Crippen LogP contribution in [-0.4, -0.2) is 34.7 Å². The molecule has 0 aromatic carbocycles. The summed E-state index contributed by atoms with van der Waals surface area (Å²) in [7, 11) is 0. The normalized spacial score (nSPS) is 11.6. The molecule has 0 aliphatic rings. The fourth-order valence-electron chi connectivity index (χ4n) is 0.862. The highest BCUT2D eigenvalue weighted by molar-refractivity contribution is 5.72. The Morgan fingerprint density at radius 3 is 1.88 bits per heavy atom. The molecule has 0 amide bonds. The van der Waals surface area contributed by atoms with E-state index >= 15 is 0 Å². The van der Waals surface area contributed by atoms with E-state index in [1.807, 2.05) is 13.8 Å². The van der Waals surface area contributed by atoms with Crippen molar-refractivity contribution in [1.82, 2.24) is 0 Å². The number of hydrogen-bond acceptors (Lipinski definition) is 4. The number of carboxylic acid groups (broad SMARTS) is 2. The van der Waals surface area contributed by atoms with Crippen LogP contribution in [-0.2, 0) is 9.59 Å². The summed E-state index contributed by atoms with van der Waals surface area (Å²) in [5, 5.41) is 16.3. The smallest absolute Gasteiger partial charge is 0.320 e. The van der Waals surface area contributed by atoms with Crippen LogP contribution in [0.25, 0.3) is 0 Å². The summed E-state index contributed by atoms with van der Waals surface area (Å²) >= 11 is 0. The van der Waals surface area contributed by atoms with Crippen molar-refractivity contribution in [3.8, 4) is 0 Å². The SMILES string of the molecule is CC(C)C[C@H](N)C(=O)O.NCCCC(=O)O. The minimum Gasteiger partial charge on any atom is -0.481 e. The Labute approximate surface area is 95.6 Å². The lowest BCUT2D eigenvalue weighted by atomic mass is 10.1. The maximum atomic E-state index is 10.1. The standard InChI is InChI=1S/C6H13NO2.C4H9NO2/c1-4(2)3-5(7)6(8)9;5-3-1-2-4(6)7/h4-5H,3,7H2,1-2H3,(H,8,9);1-3,5H2,(H,6,7)/t5-;/m0./s1. The zero-order valence-electron chi connectivity index (χ0n) is 9.85. The molecule has 0 aromatic rings. The van der Waals surface area contributed by atoms with Gasteiger partial charge in [0.25, 0.3) is 0 Å². The lowest BCUT2D eigenvalue weighted by molar-refractivity contribution is -0.139. The van der Waals surface area contributed by atoms with Crippen molar-refractivity contribution in [1.29, 1.82) is 0 Å². The van der Waals surface area contributed by atoms with Crippen molar-refractivity contribution >= 4 is 11.9 Å². The fraction of sp³-hybridized carbons (Fsp3) is 0.800. The number of carbonyl (C=O) groups is 2. The molecule has 0 aromatic heterocycles. The highest BCUT2D eigenvalue weighted by atomic mass is 16.4. The Kier molecular flexibility index (Phi) is 11.2. The number of aliphatic carboxylic acids is 2. The van der Waals surface area contributed by atoms with E-state index in [0.717, 1.165) is 0 Å². The van der Waals surface area contributed by atoms with Crippen LogP contribution in [0.5, 0.6) is 0 Å². The summed E-state index contributed by atoms with van der Waals surface area (Å²) in [4.78, 5) is 19.8. The molecule has 0 rings (SSSR count). The Morgan fingerprint density at radius 2 is 1.75 bits per heavy atom. The first-order valence-corrected chi connectivity index (χ1v) is 5.21. The zero-order valence-corrected chi connectivity index (χ0v) is 9.85. The molecule has 0 fully saturated rings. The summed E-state index contributed by atoms with van der Waals surface area (Å²) in [5.74, 6) is -1.33. The number of carboxylic acids is 2. The molecule has 0 bridgehead atoms. The lowest BCUT2D eigenvalue weighted by Crippen LogP contribution is -2.31. The summed E-state index contributed by atoms with van der Waals surface area (Å²) < 4.78 is 0. The quantitative estimate of drug-likeness (QED) is 0.522. The summed E-state index contributed by atoms with van der Waals surface area (Å²) in [6.45, 7) is 4.36. The van der Waals surface area contributed by atoms with Crippen LogP contribution in [0.15, 0.2) is 0 Å². The fourth-order valence-corrected chi connectivity index (χ4v) is 0.862. The molecule has 0 radical (unpaired) electrons. The molecule has 0 heterocycles. The average Bonchev–Trinajstić information content (AvgIpc) is 2.14. The first-order chi connectivity index (χ1) is 7.31. The molecule has 0 saturated carbocycles. The van der Waals surface area contributed by atoms with Gasteiger partial charge in [0.05, 0.1) is 0 Å². The Bertz CT molecular complexity index is 207. The van der Waals surface area contributed by atoms with Gasteiger partial charge < -0.3 is 21.7 Å². The van der Waals surface area contributed by atoms with Crippen LogP contribution in [0.3, 0.4) is 0 Å². The molecule has 0 aliphatic carbocycles. The van der Waals surface area contributed by atoms with Crippen LogP contribution in [0.4, 0.5) is 0 Å². The topological polar surface area (TPSA) is 127 Å². The number of rotatable bonds is 6. The monoisotopic (exact) mass is 234 g/mol. The third-order valence-electron chi connectivity index (χ3n) is 1.64. The van der Waals surface area contributed by atoms with Crippen LogP contribution in [0, 0.1) is 5.92 Å². The second kappa shape index (κ2) is 10.4. The van der Waals surface area contributed by atoms with E-state index in [2.05, 4.69) is 0 Å². The van der Waals surface area contributed by atoms with E-state index in [-0.39, 0.29) is 6.42 Å². The van der Waals surface area contributed by atoms with Crippen molar-refractivity contribution in [3.63, 3.8) is 0 Å². The van der Waals surface area contributed by atoms with Gasteiger partial charge in [0.1, 0.15) is 6.04 Å². The molecule has 0 saturated heterocycles. The molecule has 0 aliphatic heterocycles. The second-order valence-corrected chi connectivity index (χ2v) is 3.86. The summed E-state index contributed by atoms with van der Waals surface area (Å²) in [6, 6.07) is -0.690. The van der Waals surface area contributed by atoms with Crippen molar-refractivity contribution < 1.29 is 19.8 Å². The molecule has 6 heteroatoms. The van der Waals surface area contributed by atoms with Crippen molar-refractivity contribution in [2.24, 2.45) is 17.4 Å². The van der Waals surface area contributed by atoms with Gasteiger partial charge in [0.2, 0.25) is 0 Å². The molecule has 1 atom stereocenters. The van der Waals surface area contributed by atoms with E-state index in [1.165, 1.54) is 0 Å². The highest BCUT2D eigenvalue weighted by Gasteiger charge is 2.11. The summed E-state index contributed by atoms with van der Waals surface area (Å²) in [5.41, 5.74) is 10.2. The van der Waals surface area contributed by atoms with E-state index in [0.29, 0.717) is 25.3 Å². The summed E-state index contributed by atoms with van der Waals surface area (Å²) in [6.07, 6.45) is 1.32. The molecule has 16 heavy (non-hydrogen) atoms. The third kappa shape index (κ3) is 15.3. The van der Waals surface area contributed by atoms with Crippen molar-refractivity contribution in [2.75, 3.05) is 6.54 Å². The van der Waals surface area contributed by atoms with Gasteiger partial charge in [-0.05, 0) is 25.3 Å². The van der Waals surface area contributed by atoms with Crippen molar-refractivity contribution in [3.05, 3.63) is 0 Å². The second-order valence-electron chi connectivity index (χ2n) is 3.86. The lowest BCUT2D eigenvalue weighted by Gasteiger charge is -2.07. The molecule has 96 valence electrons. The maximum absolute atomic E-state index is 10.1. The average molecular weight is 234 g/mol. The van der Waals surface area contributed by atoms with Gasteiger partial charge in [-0.2, -0.15) is 0 Å². The highest BCUT2D eigenvalue weighted by Crippen LogP contribution is 2.01. The van der Waals surface area contributed by atoms with E-state index < -0.39 is 18.0 Å². The van der Waals surface area contributed by atoms with Gasteiger partial charge >= 0.3 is 11.9 Å². The van der Waals surface area contributed by atoms with Gasteiger partial charge in [-0.3, -0.25) is 9.59 Å². The molecule has 0 spiro atoms. The minimum atomic E-state index is -0.913. The van der Waals surface area contributed by atoms with Crippen LogP contribution in [0.1, 0.15) is 33.1 Å². The predicted molar refractivity (Wildman–Crippen MR) is 61.0 cm³/mol. The first-order valence-electron chi connectivity index (χ1n) is 5.21. The van der Waals surface area contributed by atoms with E-state index in [4.69, 9.17) is 21.7 Å². The minimum absolute atomic E-state index is 0.191. The third-order valence-corrected chi connectivity index (χ3v) is 1.64. The predicted octanol–water partition coefficient (Wildman–Crippen LogP) is 0.254. The Morgan fingerprint density at radius 1 is 1.25 bits per heavy atom. The maximum Gasteiger partial charge on any atom is 0.320 e. The van der Waals surface area contributed by atoms with Gasteiger partial charge in [-0.1, -0.05) is 13.8 Å². The largest absolute Gasteiger partial charge is 0.481 e. The zero-order chi connectivity index (χ0) is 13.1. The Balaban J connectivity index is 0. The van der Waals surface area contributed by atoms with Crippen LogP contribution < -0.4 is 11.5 Å². The molecule has 6 nitrogen and oxygen atoms in total. The molecule has 6 N–H and O–H groups in total. The van der Waals surface area contributed by atoms with Crippen molar-refractivity contribution in [2.45, 2.75) is 39.2 Å². The van der Waals surface area contributed by atoms with Gasteiger partial charge in [0, 0.05) is 6.42 Å². The number of nitrogens with two attached hydrogens (primary N) is 2. The van der Waals surface area contributed by atoms with E-state index in [1.54, 1.807) is 0 Å². The molecular formula is C10H22N2O4. The molecular weight excluding hydrogens is 212 g/mol. The van der Waals surface area contributed by atoms with Gasteiger partial charge in [0.15, 0.2) is 0 Å². The van der Waals surface area contributed by atoms with E-state index in [9.17, 15) is 9.59 Å².